The minimum atomic E-state index is -1.14. The van der Waals surface area contributed by atoms with E-state index in [4.69, 9.17) is 16.7 Å². The van der Waals surface area contributed by atoms with Crippen LogP contribution in [0.5, 0.6) is 0 Å². The molecule has 1 unspecified atom stereocenters. The van der Waals surface area contributed by atoms with Gasteiger partial charge < -0.3 is 10.1 Å². The lowest BCUT2D eigenvalue weighted by Crippen LogP contribution is -2.27. The number of nitro benzene ring substituents is 1. The molecule has 0 radical (unpaired) electrons. The summed E-state index contributed by atoms with van der Waals surface area (Å²) in [4.78, 5) is 51.6. The molecule has 11 heteroatoms. The highest BCUT2D eigenvalue weighted by Crippen LogP contribution is 2.38. The molecule has 1 atom stereocenters. The van der Waals surface area contributed by atoms with Crippen molar-refractivity contribution in [2.45, 2.75) is 25.3 Å². The third-order valence-corrected chi connectivity index (χ3v) is 6.78. The minimum absolute atomic E-state index is 0.0853. The fraction of sp³-hybridized carbons (Fsp3) is 0.143. The van der Waals surface area contributed by atoms with Crippen molar-refractivity contribution < 1.29 is 19.6 Å². The summed E-state index contributed by atoms with van der Waals surface area (Å²) < 4.78 is 0. The van der Waals surface area contributed by atoms with Crippen LogP contribution in [-0.4, -0.2) is 37.6 Å². The molecule has 1 aliphatic rings. The molecule has 5 rings (SSSR count). The van der Waals surface area contributed by atoms with Crippen LogP contribution in [-0.2, 0) is 9.59 Å². The number of hydrogen-bond donors (Lipinski definition) is 2. The van der Waals surface area contributed by atoms with E-state index in [-0.39, 0.29) is 24.1 Å². The van der Waals surface area contributed by atoms with E-state index in [1.807, 2.05) is 12.1 Å². The summed E-state index contributed by atoms with van der Waals surface area (Å²) in [6.07, 6.45) is -0.647. The van der Waals surface area contributed by atoms with Gasteiger partial charge in [-0.2, -0.15) is 5.10 Å². The Morgan fingerprint density at radius 2 is 1.79 bits per heavy atom. The molecule has 196 valence electrons. The first-order chi connectivity index (χ1) is 18.7. The van der Waals surface area contributed by atoms with Crippen molar-refractivity contribution in [3.63, 3.8) is 0 Å². The number of carboxylic acids is 1. The van der Waals surface area contributed by atoms with Gasteiger partial charge in [-0.3, -0.25) is 24.5 Å². The number of aliphatic carboxylic acids is 1. The summed E-state index contributed by atoms with van der Waals surface area (Å²) in [5, 5.41) is 27.5. The first-order valence-corrected chi connectivity index (χ1v) is 12.4. The van der Waals surface area contributed by atoms with E-state index < -0.39 is 34.8 Å². The van der Waals surface area contributed by atoms with Crippen LogP contribution < -0.4 is 5.56 Å². The molecule has 2 N–H and O–H groups in total. The zero-order valence-corrected chi connectivity index (χ0v) is 21.1. The van der Waals surface area contributed by atoms with Crippen molar-refractivity contribution in [3.8, 4) is 11.1 Å². The summed E-state index contributed by atoms with van der Waals surface area (Å²) in [7, 11) is 0. The predicted octanol–water partition coefficient (Wildman–Crippen LogP) is 5.30. The smallest absolute Gasteiger partial charge is 0.303 e. The van der Waals surface area contributed by atoms with E-state index in [2.05, 4.69) is 10.1 Å². The van der Waals surface area contributed by atoms with Gasteiger partial charge in [0, 0.05) is 46.5 Å². The Morgan fingerprint density at radius 1 is 1.05 bits per heavy atom. The lowest BCUT2D eigenvalue weighted by Gasteiger charge is -2.21. The Labute approximate surface area is 226 Å². The van der Waals surface area contributed by atoms with Gasteiger partial charge in [0.25, 0.3) is 11.2 Å². The Morgan fingerprint density at radius 3 is 2.51 bits per heavy atom. The number of aromatic amines is 1. The number of hydrogen-bond acceptors (Lipinski definition) is 6. The number of nitro groups is 1. The van der Waals surface area contributed by atoms with Gasteiger partial charge in [-0.15, -0.1) is 0 Å². The number of carboxylic acid groups (broad SMARTS) is 1. The van der Waals surface area contributed by atoms with Crippen LogP contribution in [0.3, 0.4) is 0 Å². The van der Waals surface area contributed by atoms with E-state index >= 15 is 0 Å². The fourth-order valence-corrected chi connectivity index (χ4v) is 4.89. The Balaban J connectivity index is 1.69. The van der Waals surface area contributed by atoms with Crippen molar-refractivity contribution in [2.24, 2.45) is 5.10 Å². The molecule has 4 aromatic rings. The second kappa shape index (κ2) is 10.5. The first kappa shape index (κ1) is 25.8. The highest BCUT2D eigenvalue weighted by molar-refractivity contribution is 6.30. The standard InChI is InChI=1S/C28H21ClN4O6/c29-18-10-8-16(9-11-18)26-20-6-1-2-7-21(20)30-28(37)27(26)22-15-23(17-4-3-5-19(14-17)33(38)39)32(31-22)24(34)12-13-25(35)36/h1-11,14,23H,12-13,15H2,(H,30,37)(H,35,36). The molecule has 2 heterocycles. The number of hydrazone groups is 1. The number of pyridine rings is 1. The maximum absolute atomic E-state index is 13.5. The zero-order chi connectivity index (χ0) is 27.7. The Kier molecular flexibility index (Phi) is 6.95. The second-order valence-electron chi connectivity index (χ2n) is 9.01. The summed E-state index contributed by atoms with van der Waals surface area (Å²) >= 11 is 6.12. The van der Waals surface area contributed by atoms with Crippen molar-refractivity contribution in [1.29, 1.82) is 0 Å². The lowest BCUT2D eigenvalue weighted by atomic mass is 9.91. The maximum atomic E-state index is 13.5. The quantitative estimate of drug-likeness (QED) is 0.238. The molecule has 1 aliphatic heterocycles. The number of carbonyl (C=O) groups excluding carboxylic acids is 1. The number of aromatic nitrogens is 1. The molecule has 0 fully saturated rings. The molecular weight excluding hydrogens is 524 g/mol. The third kappa shape index (κ3) is 5.14. The van der Waals surface area contributed by atoms with Gasteiger partial charge in [-0.05, 0) is 29.3 Å². The largest absolute Gasteiger partial charge is 0.481 e. The number of amides is 1. The predicted molar refractivity (Wildman–Crippen MR) is 146 cm³/mol. The van der Waals surface area contributed by atoms with Crippen LogP contribution in [0.2, 0.25) is 5.02 Å². The minimum Gasteiger partial charge on any atom is -0.481 e. The molecule has 1 aromatic heterocycles. The van der Waals surface area contributed by atoms with E-state index in [0.29, 0.717) is 32.9 Å². The van der Waals surface area contributed by atoms with Crippen LogP contribution in [0.4, 0.5) is 5.69 Å². The summed E-state index contributed by atoms with van der Waals surface area (Å²) in [6, 6.07) is 19.3. The Bertz CT molecular complexity index is 1710. The van der Waals surface area contributed by atoms with Gasteiger partial charge in [0.1, 0.15) is 0 Å². The molecule has 0 bridgehead atoms. The molecule has 0 aliphatic carbocycles. The summed E-state index contributed by atoms with van der Waals surface area (Å²) in [5.41, 5.74) is 2.33. The number of para-hydroxylation sites is 1. The van der Waals surface area contributed by atoms with E-state index in [1.54, 1.807) is 42.5 Å². The van der Waals surface area contributed by atoms with Crippen LogP contribution in [0.15, 0.2) is 82.7 Å². The molecule has 0 spiro atoms. The monoisotopic (exact) mass is 544 g/mol. The average Bonchev–Trinajstić information content (AvgIpc) is 3.36. The molecular formula is C28H21ClN4O6. The molecule has 39 heavy (non-hydrogen) atoms. The topological polar surface area (TPSA) is 146 Å². The van der Waals surface area contributed by atoms with Crippen molar-refractivity contribution in [1.82, 2.24) is 9.99 Å². The SMILES string of the molecule is O=C(O)CCC(=O)N1N=C(c2c(-c3ccc(Cl)cc3)c3ccccc3[nH]c2=O)CC1c1cccc([N+](=O)[O-])c1. The number of non-ortho nitro benzene ring substituents is 1. The number of rotatable bonds is 7. The number of nitrogens with one attached hydrogen (secondary N) is 1. The first-order valence-electron chi connectivity index (χ1n) is 12.0. The highest BCUT2D eigenvalue weighted by Gasteiger charge is 2.36. The van der Waals surface area contributed by atoms with Crippen molar-refractivity contribution in [2.75, 3.05) is 0 Å². The molecule has 3 aromatic carbocycles. The normalized spacial score (nSPS) is 14.8. The molecule has 0 saturated carbocycles. The number of benzene rings is 3. The van der Waals surface area contributed by atoms with Crippen LogP contribution in [0, 0.1) is 10.1 Å². The van der Waals surface area contributed by atoms with Gasteiger partial charge in [0.15, 0.2) is 0 Å². The van der Waals surface area contributed by atoms with E-state index in [1.165, 1.54) is 18.2 Å². The van der Waals surface area contributed by atoms with Gasteiger partial charge in [-0.1, -0.05) is 54.1 Å². The van der Waals surface area contributed by atoms with Crippen molar-refractivity contribution in [3.05, 3.63) is 109 Å². The number of carbonyl (C=O) groups is 2. The number of halogens is 1. The van der Waals surface area contributed by atoms with Crippen LogP contribution in [0.1, 0.15) is 36.4 Å². The number of nitrogens with zero attached hydrogens (tertiary/aromatic N) is 3. The highest BCUT2D eigenvalue weighted by atomic mass is 35.5. The number of H-pyrrole nitrogens is 1. The second-order valence-corrected chi connectivity index (χ2v) is 9.44. The molecule has 0 saturated heterocycles. The van der Waals surface area contributed by atoms with Gasteiger partial charge >= 0.3 is 5.97 Å². The Hall–Kier alpha value is -4.83. The average molecular weight is 545 g/mol. The molecule has 10 nitrogen and oxygen atoms in total. The number of fused-ring (bicyclic) bond motifs is 1. The zero-order valence-electron chi connectivity index (χ0n) is 20.3. The van der Waals surface area contributed by atoms with Gasteiger partial charge in [-0.25, -0.2) is 5.01 Å². The summed E-state index contributed by atoms with van der Waals surface area (Å²) in [5.74, 6) is -1.72. The fourth-order valence-electron chi connectivity index (χ4n) is 4.76. The van der Waals surface area contributed by atoms with Gasteiger partial charge in [0.05, 0.1) is 28.7 Å². The van der Waals surface area contributed by atoms with E-state index in [0.717, 1.165) is 10.4 Å². The lowest BCUT2D eigenvalue weighted by molar-refractivity contribution is -0.385. The maximum Gasteiger partial charge on any atom is 0.303 e. The third-order valence-electron chi connectivity index (χ3n) is 6.53. The van der Waals surface area contributed by atoms with E-state index in [9.17, 15) is 24.5 Å². The van der Waals surface area contributed by atoms with Crippen molar-refractivity contribution >= 4 is 45.8 Å². The molecule has 1 amide bonds. The van der Waals surface area contributed by atoms with Gasteiger partial charge in [0.2, 0.25) is 5.91 Å². The summed E-state index contributed by atoms with van der Waals surface area (Å²) in [6.45, 7) is 0. The van der Waals surface area contributed by atoms with Crippen LogP contribution >= 0.6 is 11.6 Å². The van der Waals surface area contributed by atoms with Crippen LogP contribution in [0.25, 0.3) is 22.0 Å².